The Labute approximate surface area is 305 Å². The number of imide groups is 1. The first-order chi connectivity index (χ1) is 25.8. The van der Waals surface area contributed by atoms with Gasteiger partial charge in [0.15, 0.2) is 5.78 Å². The van der Waals surface area contributed by atoms with E-state index in [4.69, 9.17) is 9.72 Å². The van der Waals surface area contributed by atoms with Crippen LogP contribution in [0.25, 0.3) is 0 Å². The number of likely N-dealkylation sites (tertiary alicyclic amines) is 1. The van der Waals surface area contributed by atoms with Crippen molar-refractivity contribution in [1.82, 2.24) is 35.1 Å². The lowest BCUT2D eigenvalue weighted by atomic mass is 10.0. The molecule has 2 bridgehead atoms. The number of allylic oxidation sites excluding steroid dienone is 1. The van der Waals surface area contributed by atoms with Crippen LogP contribution < -0.4 is 15.5 Å². The number of ketones is 1. The number of nitrogens with zero attached hydrogens (tertiary/aromatic N) is 7. The molecule has 3 fully saturated rings. The minimum absolute atomic E-state index is 0.0154. The van der Waals surface area contributed by atoms with Crippen molar-refractivity contribution in [3.05, 3.63) is 107 Å². The van der Waals surface area contributed by atoms with Gasteiger partial charge in [-0.15, -0.1) is 5.10 Å². The van der Waals surface area contributed by atoms with Crippen LogP contribution in [0.2, 0.25) is 0 Å². The van der Waals surface area contributed by atoms with Crippen LogP contribution in [0.5, 0.6) is 5.75 Å². The van der Waals surface area contributed by atoms with Gasteiger partial charge in [0.05, 0.1) is 37.2 Å². The Balaban J connectivity index is 0.792. The Morgan fingerprint density at radius 2 is 1.87 bits per heavy atom. The van der Waals surface area contributed by atoms with Gasteiger partial charge in [-0.1, -0.05) is 29.5 Å². The van der Waals surface area contributed by atoms with E-state index in [1.54, 1.807) is 33.8 Å². The van der Waals surface area contributed by atoms with Crippen molar-refractivity contribution >= 4 is 35.0 Å². The molecule has 53 heavy (non-hydrogen) atoms. The standard InChI is InChI=1S/C38H39N9O6/c48-33-9-2-1-6-29(33)34(49)13-15-44-20-27-17-26(44)21-46(27)35-10-3-5-24(40-35)18-45-19-25(42-43-45)23-53-16-14-39-31-8-4-7-28-30(31)22-47(38(28)52)32-11-12-36(50)41-37(32)51/h1-10,13,15,19,26-27,32,39,48H,11-12,14,16-18,20-23H2,(H,41,50,51)/b15-13+/t26-,27-,32?/m1/s1. The number of aromatic nitrogens is 4. The van der Waals surface area contributed by atoms with Crippen molar-refractivity contribution in [1.29, 1.82) is 0 Å². The molecule has 0 saturated carbocycles. The minimum Gasteiger partial charge on any atom is -0.507 e. The first-order valence-corrected chi connectivity index (χ1v) is 17.8. The van der Waals surface area contributed by atoms with Crippen LogP contribution in [0.4, 0.5) is 11.5 Å². The highest BCUT2D eigenvalue weighted by atomic mass is 16.5. The van der Waals surface area contributed by atoms with Crippen molar-refractivity contribution in [2.24, 2.45) is 0 Å². The van der Waals surface area contributed by atoms with E-state index >= 15 is 0 Å². The van der Waals surface area contributed by atoms with Crippen molar-refractivity contribution in [2.45, 2.75) is 57.1 Å². The maximum atomic E-state index is 13.1. The third-order valence-electron chi connectivity index (χ3n) is 10.3. The van der Waals surface area contributed by atoms with Crippen LogP contribution in [0.15, 0.2) is 79.1 Å². The second-order valence-corrected chi connectivity index (χ2v) is 13.7. The molecule has 0 spiro atoms. The van der Waals surface area contributed by atoms with Gasteiger partial charge in [0, 0.05) is 73.8 Å². The Morgan fingerprint density at radius 1 is 1.00 bits per heavy atom. The fraction of sp³-hybridized carbons (Fsp3) is 0.342. The molecule has 3 amide bonds. The zero-order valence-electron chi connectivity index (χ0n) is 28.9. The number of aromatic hydroxyl groups is 1. The van der Waals surface area contributed by atoms with Crippen LogP contribution in [0.3, 0.4) is 0 Å². The number of piperidine rings is 1. The average Bonchev–Trinajstić information content (AvgIpc) is 3.95. The number of piperazine rings is 1. The summed E-state index contributed by atoms with van der Waals surface area (Å²) < 4.78 is 7.61. The number of hydrogen-bond donors (Lipinski definition) is 3. The highest BCUT2D eigenvalue weighted by Gasteiger charge is 2.43. The number of carbonyl (C=O) groups excluding carboxylic acids is 4. The number of amides is 3. The summed E-state index contributed by atoms with van der Waals surface area (Å²) in [6.45, 7) is 3.53. The Morgan fingerprint density at radius 3 is 2.70 bits per heavy atom. The minimum atomic E-state index is -0.657. The number of carbonyl (C=O) groups is 4. The number of fused-ring (bicyclic) bond motifs is 3. The molecule has 15 heteroatoms. The van der Waals surface area contributed by atoms with Gasteiger partial charge in [-0.3, -0.25) is 24.5 Å². The number of hydrogen-bond acceptors (Lipinski definition) is 12. The van der Waals surface area contributed by atoms with Crippen LogP contribution >= 0.6 is 0 Å². The molecule has 0 radical (unpaired) electrons. The smallest absolute Gasteiger partial charge is 0.255 e. The van der Waals surface area contributed by atoms with Crippen molar-refractivity contribution in [3.8, 4) is 5.75 Å². The lowest BCUT2D eigenvalue weighted by Gasteiger charge is -2.34. The largest absolute Gasteiger partial charge is 0.507 e. The number of pyridine rings is 1. The second kappa shape index (κ2) is 14.5. The molecule has 3 N–H and O–H groups in total. The number of ether oxygens (including phenoxy) is 1. The lowest BCUT2D eigenvalue weighted by Crippen LogP contribution is -2.52. The zero-order valence-corrected chi connectivity index (χ0v) is 28.9. The van der Waals surface area contributed by atoms with Crippen molar-refractivity contribution < 1.29 is 29.0 Å². The van der Waals surface area contributed by atoms with Gasteiger partial charge in [-0.25, -0.2) is 9.67 Å². The Kier molecular flexibility index (Phi) is 9.31. The third-order valence-corrected chi connectivity index (χ3v) is 10.3. The summed E-state index contributed by atoms with van der Waals surface area (Å²) in [5.74, 6) is -0.265. The summed E-state index contributed by atoms with van der Waals surface area (Å²) in [5.41, 5.74) is 4.05. The third kappa shape index (κ3) is 7.07. The summed E-state index contributed by atoms with van der Waals surface area (Å²) in [7, 11) is 0. The van der Waals surface area contributed by atoms with E-state index in [0.717, 1.165) is 42.3 Å². The second-order valence-electron chi connectivity index (χ2n) is 13.7. The molecule has 4 aliphatic rings. The van der Waals surface area contributed by atoms with E-state index < -0.39 is 11.9 Å². The highest BCUT2D eigenvalue weighted by Crippen LogP contribution is 2.35. The molecular weight excluding hydrogens is 678 g/mol. The van der Waals surface area contributed by atoms with E-state index in [-0.39, 0.29) is 48.5 Å². The summed E-state index contributed by atoms with van der Waals surface area (Å²) in [5, 5.41) is 24.2. The van der Waals surface area contributed by atoms with E-state index in [1.807, 2.05) is 42.7 Å². The molecule has 3 saturated heterocycles. The molecule has 6 heterocycles. The van der Waals surface area contributed by atoms with Gasteiger partial charge in [0.2, 0.25) is 11.8 Å². The summed E-state index contributed by atoms with van der Waals surface area (Å²) in [4.78, 5) is 60.7. The SMILES string of the molecule is O=C1CCC(N2Cc3c(NCCOCc4cn(Cc5cccc(N6C[C@H]7C[C@@H]6CN7/C=C/C(=O)c6ccccc6O)n5)nn4)cccc3C2=O)C(=O)N1. The molecule has 2 aromatic carbocycles. The number of rotatable bonds is 13. The maximum Gasteiger partial charge on any atom is 0.255 e. The molecule has 3 atom stereocenters. The quantitative estimate of drug-likeness (QED) is 0.0799. The average molecular weight is 718 g/mol. The van der Waals surface area contributed by atoms with Crippen molar-refractivity contribution in [2.75, 3.05) is 36.5 Å². The number of anilines is 2. The topological polar surface area (TPSA) is 175 Å². The maximum absolute atomic E-state index is 13.1. The number of benzene rings is 2. The number of phenols is 1. The van der Waals surface area contributed by atoms with E-state index in [0.29, 0.717) is 49.5 Å². The van der Waals surface area contributed by atoms with E-state index in [1.165, 1.54) is 12.1 Å². The number of para-hydroxylation sites is 1. The molecule has 4 aromatic rings. The predicted molar refractivity (Wildman–Crippen MR) is 192 cm³/mol. The number of nitrogens with one attached hydrogen (secondary N) is 2. The Bertz CT molecular complexity index is 2100. The van der Waals surface area contributed by atoms with Gasteiger partial charge in [-0.05, 0) is 49.2 Å². The van der Waals surface area contributed by atoms with Gasteiger partial charge < -0.3 is 29.9 Å². The lowest BCUT2D eigenvalue weighted by molar-refractivity contribution is -0.136. The fourth-order valence-corrected chi connectivity index (χ4v) is 7.64. The first kappa shape index (κ1) is 34.0. The van der Waals surface area contributed by atoms with E-state index in [9.17, 15) is 24.3 Å². The van der Waals surface area contributed by atoms with Crippen LogP contribution in [-0.2, 0) is 34.0 Å². The predicted octanol–water partition coefficient (Wildman–Crippen LogP) is 2.48. The monoisotopic (exact) mass is 717 g/mol. The molecule has 8 rings (SSSR count). The van der Waals surface area contributed by atoms with Crippen LogP contribution in [0.1, 0.15) is 56.9 Å². The van der Waals surface area contributed by atoms with Gasteiger partial charge in [-0.2, -0.15) is 0 Å². The zero-order chi connectivity index (χ0) is 36.5. The molecule has 4 aliphatic heterocycles. The molecule has 15 nitrogen and oxygen atoms in total. The molecule has 1 unspecified atom stereocenters. The Hall–Kier alpha value is -6.09. The molecule has 2 aromatic heterocycles. The summed E-state index contributed by atoms with van der Waals surface area (Å²) >= 11 is 0. The first-order valence-electron chi connectivity index (χ1n) is 17.8. The molecule has 0 aliphatic carbocycles. The normalized spacial score (nSPS) is 20.8. The summed E-state index contributed by atoms with van der Waals surface area (Å²) in [6.07, 6.45) is 6.75. The highest BCUT2D eigenvalue weighted by molar-refractivity contribution is 6.07. The van der Waals surface area contributed by atoms with Crippen LogP contribution in [-0.4, -0.2) is 103 Å². The van der Waals surface area contributed by atoms with Crippen LogP contribution in [0, 0.1) is 0 Å². The fourth-order valence-electron chi connectivity index (χ4n) is 7.64. The van der Waals surface area contributed by atoms with Gasteiger partial charge in [0.1, 0.15) is 23.3 Å². The number of phenolic OH excluding ortho intramolecular Hbond substituents is 1. The van der Waals surface area contributed by atoms with Gasteiger partial charge >= 0.3 is 0 Å². The van der Waals surface area contributed by atoms with Gasteiger partial charge in [0.25, 0.3) is 5.91 Å². The van der Waals surface area contributed by atoms with E-state index in [2.05, 4.69) is 30.7 Å². The van der Waals surface area contributed by atoms with Crippen molar-refractivity contribution in [3.63, 3.8) is 0 Å². The molecular formula is C38H39N9O6. The molecule has 272 valence electrons. The summed E-state index contributed by atoms with van der Waals surface area (Å²) in [6, 6.07) is 18.0.